The third-order valence-electron chi connectivity index (χ3n) is 9.25. The van der Waals surface area contributed by atoms with Gasteiger partial charge in [0.15, 0.2) is 0 Å². The van der Waals surface area contributed by atoms with Gasteiger partial charge in [0.05, 0.1) is 7.11 Å². The van der Waals surface area contributed by atoms with Crippen LogP contribution in [0.1, 0.15) is 37.0 Å². The summed E-state index contributed by atoms with van der Waals surface area (Å²) >= 11 is 0. The molecule has 3 amide bonds. The number of nitrogens with zero attached hydrogens (tertiary/aromatic N) is 5. The number of anilines is 2. The largest absolute Gasteiger partial charge is 0.497 e. The Labute approximate surface area is 351 Å². The Balaban J connectivity index is 0.000000153. The number of ether oxygens (including phenoxy) is 1. The lowest BCUT2D eigenvalue weighted by atomic mass is 10.0. The summed E-state index contributed by atoms with van der Waals surface area (Å²) in [6.45, 7) is 0.505. The van der Waals surface area contributed by atoms with Gasteiger partial charge in [-0.1, -0.05) is 72.8 Å². The van der Waals surface area contributed by atoms with Crippen molar-refractivity contribution in [2.45, 2.75) is 6.54 Å². The maximum Gasteiger partial charge on any atom is 0.275 e. The average molecular weight is 808 g/mol. The van der Waals surface area contributed by atoms with Crippen LogP contribution in [0.4, 0.5) is 11.4 Å². The predicted molar refractivity (Wildman–Crippen MR) is 237 cm³/mol. The molecule has 0 fully saturated rings. The van der Waals surface area contributed by atoms with Crippen LogP contribution in [0.15, 0.2) is 183 Å². The van der Waals surface area contributed by atoms with Crippen molar-refractivity contribution in [1.29, 1.82) is 0 Å². The van der Waals surface area contributed by atoms with Crippen molar-refractivity contribution < 1.29 is 19.1 Å². The monoisotopic (exact) mass is 807 g/mol. The van der Waals surface area contributed by atoms with E-state index >= 15 is 0 Å². The minimum absolute atomic E-state index is 0.230. The number of hydrogen-bond acceptors (Lipinski definition) is 8. The van der Waals surface area contributed by atoms with Crippen molar-refractivity contribution in [2.75, 3.05) is 17.7 Å². The van der Waals surface area contributed by atoms with Crippen molar-refractivity contribution >= 4 is 40.4 Å². The number of rotatable bonds is 9. The van der Waals surface area contributed by atoms with Gasteiger partial charge in [0.1, 0.15) is 34.1 Å². The Morgan fingerprint density at radius 2 is 1.08 bits per heavy atom. The van der Waals surface area contributed by atoms with E-state index in [1.165, 1.54) is 6.20 Å². The summed E-state index contributed by atoms with van der Waals surface area (Å²) < 4.78 is 9.01. The van der Waals surface area contributed by atoms with E-state index in [1.54, 1.807) is 37.7 Å². The SMILES string of the molecule is COc1cccc(-c2ccc3nc(C(=O)Nc4ccccc4)cn3c2)c1.NC(=O)c1ccccn1.NCc1cccc(-c2ccc3nc(C(=O)Nc4ccccc4)cn3c2)c1. The highest BCUT2D eigenvalue weighted by molar-refractivity contribution is 6.04. The van der Waals surface area contributed by atoms with Crippen LogP contribution in [0, 0.1) is 0 Å². The number of amides is 3. The molecule has 0 saturated heterocycles. The molecule has 5 heterocycles. The van der Waals surface area contributed by atoms with Crippen LogP contribution in [-0.4, -0.2) is 48.6 Å². The maximum absolute atomic E-state index is 12.4. The molecule has 61 heavy (non-hydrogen) atoms. The van der Waals surface area contributed by atoms with Gasteiger partial charge in [0.25, 0.3) is 17.7 Å². The van der Waals surface area contributed by atoms with Gasteiger partial charge in [0.2, 0.25) is 0 Å². The summed E-state index contributed by atoms with van der Waals surface area (Å²) in [6.07, 6.45) is 8.93. The second-order valence-electron chi connectivity index (χ2n) is 13.5. The first kappa shape index (κ1) is 40.8. The number of hydrogen-bond donors (Lipinski definition) is 4. The summed E-state index contributed by atoms with van der Waals surface area (Å²) in [7, 11) is 1.65. The van der Waals surface area contributed by atoms with Gasteiger partial charge in [0, 0.05) is 48.9 Å². The zero-order chi connectivity index (χ0) is 42.6. The number of nitrogens with two attached hydrogens (primary N) is 2. The minimum Gasteiger partial charge on any atom is -0.497 e. The molecule has 0 aliphatic rings. The number of methoxy groups -OCH3 is 1. The molecule has 9 rings (SSSR count). The van der Waals surface area contributed by atoms with Gasteiger partial charge >= 0.3 is 0 Å². The normalized spacial score (nSPS) is 10.5. The van der Waals surface area contributed by atoms with E-state index in [9.17, 15) is 14.4 Å². The Kier molecular flexibility index (Phi) is 12.9. The molecule has 0 unspecified atom stereocenters. The van der Waals surface area contributed by atoms with E-state index in [1.807, 2.05) is 149 Å². The lowest BCUT2D eigenvalue weighted by Gasteiger charge is -2.05. The number of benzene rings is 4. The molecule has 0 aliphatic heterocycles. The highest BCUT2D eigenvalue weighted by atomic mass is 16.5. The van der Waals surface area contributed by atoms with E-state index in [0.29, 0.717) is 23.6 Å². The van der Waals surface area contributed by atoms with Crippen LogP contribution in [0.3, 0.4) is 0 Å². The highest BCUT2D eigenvalue weighted by Crippen LogP contribution is 2.25. The number of pyridine rings is 3. The standard InChI is InChI=1S/C21H18N4O.C21H17N3O2.C6H6N2O/c22-12-15-5-4-6-16(11-15)17-9-10-20-24-19(14-25(20)13-17)21(26)23-18-7-2-1-3-8-18;1-26-18-9-5-6-15(12-18)16-10-11-20-23-19(14-24(20)13-16)21(25)22-17-7-3-2-4-8-17;7-6(9)5-3-1-2-4-8-5/h1-11,13-14H,12,22H2,(H,23,26);2-14H,1H3,(H,22,25);1-4H,(H2,7,9). The Morgan fingerprint density at radius 3 is 1.56 bits per heavy atom. The highest BCUT2D eigenvalue weighted by Gasteiger charge is 2.13. The number of imidazole rings is 2. The fourth-order valence-corrected chi connectivity index (χ4v) is 6.17. The molecule has 5 aromatic heterocycles. The van der Waals surface area contributed by atoms with E-state index in [2.05, 4.69) is 31.7 Å². The first-order chi connectivity index (χ1) is 29.8. The van der Waals surface area contributed by atoms with Crippen LogP contribution < -0.4 is 26.8 Å². The van der Waals surface area contributed by atoms with Crippen molar-refractivity contribution in [2.24, 2.45) is 11.5 Å². The van der Waals surface area contributed by atoms with Crippen LogP contribution in [-0.2, 0) is 6.54 Å². The van der Waals surface area contributed by atoms with Crippen molar-refractivity contribution in [1.82, 2.24) is 23.8 Å². The molecule has 9 aromatic rings. The van der Waals surface area contributed by atoms with Crippen molar-refractivity contribution in [3.05, 3.63) is 205 Å². The number of primary amides is 1. The Morgan fingerprint density at radius 1 is 0.557 bits per heavy atom. The van der Waals surface area contributed by atoms with Gasteiger partial charge in [-0.2, -0.15) is 0 Å². The third kappa shape index (κ3) is 10.6. The summed E-state index contributed by atoms with van der Waals surface area (Å²) in [5.74, 6) is -0.152. The third-order valence-corrected chi connectivity index (χ3v) is 9.25. The topological polar surface area (TPSA) is 184 Å². The molecule has 302 valence electrons. The molecule has 0 atom stereocenters. The lowest BCUT2D eigenvalue weighted by molar-refractivity contribution is 0.0991. The molecule has 6 N–H and O–H groups in total. The smallest absolute Gasteiger partial charge is 0.275 e. The second-order valence-corrected chi connectivity index (χ2v) is 13.5. The summed E-state index contributed by atoms with van der Waals surface area (Å²) in [6, 6.07) is 47.4. The van der Waals surface area contributed by atoms with E-state index in [-0.39, 0.29) is 11.8 Å². The zero-order valence-electron chi connectivity index (χ0n) is 33.1. The number of aromatic nitrogens is 5. The average Bonchev–Trinajstić information content (AvgIpc) is 3.95. The lowest BCUT2D eigenvalue weighted by Crippen LogP contribution is -2.12. The molecule has 0 spiro atoms. The molecule has 4 aromatic carbocycles. The van der Waals surface area contributed by atoms with E-state index < -0.39 is 5.91 Å². The molecule has 13 heteroatoms. The summed E-state index contributed by atoms with van der Waals surface area (Å²) in [5, 5.41) is 5.70. The van der Waals surface area contributed by atoms with Crippen LogP contribution in [0.25, 0.3) is 33.5 Å². The summed E-state index contributed by atoms with van der Waals surface area (Å²) in [4.78, 5) is 47.7. The van der Waals surface area contributed by atoms with E-state index in [4.69, 9.17) is 16.2 Å². The predicted octanol–water partition coefficient (Wildman–Crippen LogP) is 8.16. The number of para-hydroxylation sites is 2. The number of carbonyl (C=O) groups excluding carboxylic acids is 3. The quantitative estimate of drug-likeness (QED) is 0.113. The fourth-order valence-electron chi connectivity index (χ4n) is 6.17. The molecule has 0 bridgehead atoms. The molecular weight excluding hydrogens is 767 g/mol. The van der Waals surface area contributed by atoms with Gasteiger partial charge in [-0.25, -0.2) is 9.97 Å². The minimum atomic E-state index is -0.490. The van der Waals surface area contributed by atoms with E-state index in [0.717, 1.165) is 56.2 Å². The Hall–Kier alpha value is -8.42. The fraction of sp³-hybridized carbons (Fsp3) is 0.0417. The zero-order valence-corrected chi connectivity index (χ0v) is 33.1. The van der Waals surface area contributed by atoms with Gasteiger partial charge in [-0.3, -0.25) is 19.4 Å². The van der Waals surface area contributed by atoms with Gasteiger partial charge in [-0.05, 0) is 107 Å². The number of carbonyl (C=O) groups is 3. The molecule has 13 nitrogen and oxygen atoms in total. The van der Waals surface area contributed by atoms with Crippen LogP contribution in [0.5, 0.6) is 5.75 Å². The van der Waals surface area contributed by atoms with Gasteiger partial charge < -0.3 is 35.6 Å². The molecular formula is C48H41N9O4. The van der Waals surface area contributed by atoms with Crippen molar-refractivity contribution in [3.63, 3.8) is 0 Å². The van der Waals surface area contributed by atoms with Crippen LogP contribution in [0.2, 0.25) is 0 Å². The van der Waals surface area contributed by atoms with Gasteiger partial charge in [-0.15, -0.1) is 0 Å². The first-order valence-corrected chi connectivity index (χ1v) is 19.1. The molecule has 0 saturated carbocycles. The second kappa shape index (κ2) is 19.4. The van der Waals surface area contributed by atoms with Crippen LogP contribution >= 0.6 is 0 Å². The molecule has 0 radical (unpaired) electrons. The molecule has 0 aliphatic carbocycles. The summed E-state index contributed by atoms with van der Waals surface area (Å²) in [5.41, 5.74) is 19.9. The Bertz CT molecular complexity index is 2740. The number of fused-ring (bicyclic) bond motifs is 2. The number of nitrogens with one attached hydrogen (secondary N) is 2. The maximum atomic E-state index is 12.4. The first-order valence-electron chi connectivity index (χ1n) is 19.1. The van der Waals surface area contributed by atoms with Crippen molar-refractivity contribution in [3.8, 4) is 28.0 Å².